The van der Waals surface area contributed by atoms with Gasteiger partial charge < -0.3 is 19.9 Å². The molecule has 0 atom stereocenters. The average molecular weight is 490 g/mol. The molecule has 34 heavy (non-hydrogen) atoms. The van der Waals surface area contributed by atoms with Crippen molar-refractivity contribution in [3.63, 3.8) is 0 Å². The van der Waals surface area contributed by atoms with E-state index in [2.05, 4.69) is 5.32 Å². The Kier molecular flexibility index (Phi) is 8.58. The third-order valence-electron chi connectivity index (χ3n) is 4.36. The molecule has 0 aromatic heterocycles. The van der Waals surface area contributed by atoms with Gasteiger partial charge in [0.25, 0.3) is 0 Å². The number of hydrogen-bond donors (Lipinski definition) is 2. The van der Waals surface area contributed by atoms with E-state index in [0.29, 0.717) is 11.1 Å². The van der Waals surface area contributed by atoms with Crippen LogP contribution in [0.3, 0.4) is 0 Å². The monoisotopic (exact) mass is 489 g/mol. The maximum absolute atomic E-state index is 12.2. The van der Waals surface area contributed by atoms with Crippen LogP contribution in [0.5, 0.6) is 0 Å². The van der Waals surface area contributed by atoms with E-state index in [4.69, 9.17) is 9.47 Å². The Morgan fingerprint density at radius 2 is 1.53 bits per heavy atom. The highest BCUT2D eigenvalue weighted by molar-refractivity contribution is 7.90. The zero-order chi connectivity index (χ0) is 25.5. The second-order valence-electron chi connectivity index (χ2n) is 8.34. The number of hydrogen-bond acceptors (Lipinski definition) is 7. The van der Waals surface area contributed by atoms with Crippen LogP contribution in [0.2, 0.25) is 0 Å². The number of ether oxygens (including phenoxy) is 2. The first-order valence-electron chi connectivity index (χ1n) is 10.2. The van der Waals surface area contributed by atoms with E-state index in [1.807, 2.05) is 0 Å². The van der Waals surface area contributed by atoms with Gasteiger partial charge in [0, 0.05) is 11.8 Å². The molecule has 9 nitrogen and oxygen atoms in total. The van der Waals surface area contributed by atoms with Crippen LogP contribution in [0, 0.1) is 0 Å². The summed E-state index contributed by atoms with van der Waals surface area (Å²) in [5, 5.41) is 12.2. The normalized spacial score (nSPS) is 12.4. The van der Waals surface area contributed by atoms with Gasteiger partial charge in [0.05, 0.1) is 10.5 Å². The Hall–Kier alpha value is -3.66. The van der Waals surface area contributed by atoms with E-state index in [9.17, 15) is 27.9 Å². The quantitative estimate of drug-likeness (QED) is 0.328. The lowest BCUT2D eigenvalue weighted by molar-refractivity contribution is -0.141. The summed E-state index contributed by atoms with van der Waals surface area (Å²) in [5.74, 6) is -2.06. The first-order valence-corrected chi connectivity index (χ1v) is 12.1. The summed E-state index contributed by atoms with van der Waals surface area (Å²) in [6.07, 6.45) is 0.261. The molecule has 0 unspecified atom stereocenters. The Morgan fingerprint density at radius 1 is 0.941 bits per heavy atom. The summed E-state index contributed by atoms with van der Waals surface area (Å²) in [4.78, 5) is 36.2. The van der Waals surface area contributed by atoms with Crippen molar-refractivity contribution in [1.82, 2.24) is 5.32 Å². The Balaban J connectivity index is 2.34. The average Bonchev–Trinajstić information content (AvgIpc) is 2.73. The molecule has 0 saturated carbocycles. The van der Waals surface area contributed by atoms with E-state index in [0.717, 1.165) is 6.26 Å². The zero-order valence-electron chi connectivity index (χ0n) is 19.3. The van der Waals surface area contributed by atoms with Gasteiger partial charge in [0.15, 0.2) is 9.84 Å². The van der Waals surface area contributed by atoms with Crippen molar-refractivity contribution >= 4 is 39.0 Å². The van der Waals surface area contributed by atoms with Crippen molar-refractivity contribution in [3.8, 4) is 0 Å². The molecule has 1 amide bonds. The van der Waals surface area contributed by atoms with Crippen molar-refractivity contribution in [2.75, 3.05) is 19.4 Å². The molecule has 0 fully saturated rings. The van der Waals surface area contributed by atoms with E-state index >= 15 is 0 Å². The van der Waals surface area contributed by atoms with E-state index in [1.165, 1.54) is 24.3 Å². The molecular formula is C24H27NO8S. The number of carbonyl (C=O) groups is 3. The summed E-state index contributed by atoms with van der Waals surface area (Å²) in [6, 6.07) is 13.8. The van der Waals surface area contributed by atoms with Crippen LogP contribution < -0.4 is 5.32 Å². The predicted octanol–water partition coefficient (Wildman–Crippen LogP) is 3.15. The largest absolute Gasteiger partial charge is 0.478 e. The summed E-state index contributed by atoms with van der Waals surface area (Å²) in [7, 11) is -3.46. The maximum atomic E-state index is 12.2. The smallest absolute Gasteiger partial charge is 0.408 e. The molecule has 0 aliphatic rings. The number of esters is 1. The van der Waals surface area contributed by atoms with Gasteiger partial charge in [-0.3, -0.25) is 4.79 Å². The Morgan fingerprint density at radius 3 is 2.03 bits per heavy atom. The lowest BCUT2D eigenvalue weighted by atomic mass is 9.95. The van der Waals surface area contributed by atoms with E-state index < -0.39 is 46.6 Å². The van der Waals surface area contributed by atoms with Crippen LogP contribution in [-0.4, -0.2) is 56.6 Å². The number of aliphatic carboxylic acids is 1. The molecular weight excluding hydrogens is 462 g/mol. The number of amides is 1. The summed E-state index contributed by atoms with van der Waals surface area (Å²) >= 11 is 0. The van der Waals surface area contributed by atoms with Gasteiger partial charge in [-0.25, -0.2) is 18.0 Å². The minimum Gasteiger partial charge on any atom is -0.478 e. The lowest BCUT2D eigenvalue weighted by Crippen LogP contribution is -2.36. The highest BCUT2D eigenvalue weighted by atomic mass is 32.2. The fraction of sp³-hybridized carbons (Fsp3) is 0.292. The maximum Gasteiger partial charge on any atom is 0.408 e. The van der Waals surface area contributed by atoms with Crippen LogP contribution in [0.25, 0.3) is 11.1 Å². The van der Waals surface area contributed by atoms with Crippen LogP contribution in [-0.2, 0) is 28.9 Å². The van der Waals surface area contributed by atoms with Crippen LogP contribution in [0.15, 0.2) is 59.5 Å². The standard InChI is InChI=1S/C24H27NO8S/c1-24(2,3)33-23(29)25-14-20(26)32-15-19(16-10-12-18(13-11-16)34(4,30)31)21(22(27)28)17-8-6-5-7-9-17/h5-13H,14-15H2,1-4H3,(H,25,29)(H,27,28)/b21-19+. The van der Waals surface area contributed by atoms with Crippen molar-refractivity contribution in [2.24, 2.45) is 0 Å². The van der Waals surface area contributed by atoms with Gasteiger partial charge in [0.2, 0.25) is 0 Å². The van der Waals surface area contributed by atoms with Crippen LogP contribution in [0.1, 0.15) is 31.9 Å². The summed E-state index contributed by atoms with van der Waals surface area (Å²) in [6.45, 7) is 4.11. The number of carboxylic acids is 1. The molecule has 2 rings (SSSR count). The fourth-order valence-corrected chi connectivity index (χ4v) is 3.53. The molecule has 2 aromatic carbocycles. The minimum atomic E-state index is -3.46. The molecule has 0 aliphatic carbocycles. The zero-order valence-corrected chi connectivity index (χ0v) is 20.1. The Bertz CT molecular complexity index is 1180. The number of rotatable bonds is 8. The van der Waals surface area contributed by atoms with Crippen LogP contribution in [0.4, 0.5) is 4.79 Å². The molecule has 182 valence electrons. The van der Waals surface area contributed by atoms with Gasteiger partial charge in [-0.2, -0.15) is 0 Å². The third-order valence-corrected chi connectivity index (χ3v) is 5.49. The second-order valence-corrected chi connectivity index (χ2v) is 10.4. The first kappa shape index (κ1) is 26.6. The molecule has 0 heterocycles. The fourth-order valence-electron chi connectivity index (χ4n) is 2.90. The Labute approximate surface area is 198 Å². The van der Waals surface area contributed by atoms with Crippen molar-refractivity contribution in [2.45, 2.75) is 31.3 Å². The molecule has 0 spiro atoms. The molecule has 2 N–H and O–H groups in total. The first-order chi connectivity index (χ1) is 15.8. The van der Waals surface area contributed by atoms with Gasteiger partial charge >= 0.3 is 18.0 Å². The predicted molar refractivity (Wildman–Crippen MR) is 126 cm³/mol. The van der Waals surface area contributed by atoms with Crippen molar-refractivity contribution < 1.29 is 37.4 Å². The summed E-state index contributed by atoms with van der Waals surface area (Å²) in [5.41, 5.74) is 0.0420. The number of carboxylic acid groups (broad SMARTS) is 1. The number of nitrogens with one attached hydrogen (secondary N) is 1. The third kappa shape index (κ3) is 8.04. The van der Waals surface area contributed by atoms with E-state index in [1.54, 1.807) is 51.1 Å². The van der Waals surface area contributed by atoms with Crippen molar-refractivity contribution in [3.05, 3.63) is 65.7 Å². The molecule has 0 radical (unpaired) electrons. The number of benzene rings is 2. The van der Waals surface area contributed by atoms with Crippen LogP contribution >= 0.6 is 0 Å². The topological polar surface area (TPSA) is 136 Å². The summed E-state index contributed by atoms with van der Waals surface area (Å²) < 4.78 is 33.9. The molecule has 0 aliphatic heterocycles. The van der Waals surface area contributed by atoms with E-state index in [-0.39, 0.29) is 16.0 Å². The molecule has 2 aromatic rings. The highest BCUT2D eigenvalue weighted by Crippen LogP contribution is 2.28. The lowest BCUT2D eigenvalue weighted by Gasteiger charge is -2.19. The van der Waals surface area contributed by atoms with Gasteiger partial charge in [0.1, 0.15) is 18.8 Å². The van der Waals surface area contributed by atoms with Gasteiger partial charge in [-0.05, 0) is 44.0 Å². The molecule has 10 heteroatoms. The minimum absolute atomic E-state index is 0.0609. The number of carbonyl (C=O) groups excluding carboxylic acids is 2. The molecule has 0 bridgehead atoms. The highest BCUT2D eigenvalue weighted by Gasteiger charge is 2.21. The van der Waals surface area contributed by atoms with Gasteiger partial charge in [-0.1, -0.05) is 42.5 Å². The SMILES string of the molecule is CC(C)(C)OC(=O)NCC(=O)OC/C(=C(\C(=O)O)c1ccccc1)c1ccc(S(C)(=O)=O)cc1. The van der Waals surface area contributed by atoms with Gasteiger partial charge in [-0.15, -0.1) is 0 Å². The van der Waals surface area contributed by atoms with Crippen molar-refractivity contribution in [1.29, 1.82) is 0 Å². The number of sulfone groups is 1. The molecule has 0 saturated heterocycles. The number of alkyl carbamates (subject to hydrolysis) is 1. The second kappa shape index (κ2) is 11.0.